The first-order valence-corrected chi connectivity index (χ1v) is 6.93. The van der Waals surface area contributed by atoms with Crippen LogP contribution in [0.15, 0.2) is 29.4 Å². The molecule has 5 heteroatoms. The quantitative estimate of drug-likeness (QED) is 0.613. The van der Waals surface area contributed by atoms with Crippen LogP contribution in [0.3, 0.4) is 0 Å². The molecule has 0 aliphatic carbocycles. The molecule has 108 valence electrons. The van der Waals surface area contributed by atoms with Crippen molar-refractivity contribution in [1.29, 1.82) is 0 Å². The second kappa shape index (κ2) is 7.14. The van der Waals surface area contributed by atoms with Gasteiger partial charge >= 0.3 is 5.97 Å². The number of hydrogen-bond acceptors (Lipinski definition) is 5. The van der Waals surface area contributed by atoms with E-state index >= 15 is 0 Å². The fourth-order valence-electron chi connectivity index (χ4n) is 2.44. The van der Waals surface area contributed by atoms with Crippen molar-refractivity contribution in [3.63, 3.8) is 0 Å². The van der Waals surface area contributed by atoms with Crippen molar-refractivity contribution < 1.29 is 14.3 Å². The maximum absolute atomic E-state index is 11.6. The molecule has 1 fully saturated rings. The molecule has 1 aromatic rings. The molecule has 1 unspecified atom stereocenters. The highest BCUT2D eigenvalue weighted by molar-refractivity contribution is 5.77. The summed E-state index contributed by atoms with van der Waals surface area (Å²) in [6.45, 7) is 3.51. The molecule has 0 amide bonds. The summed E-state index contributed by atoms with van der Waals surface area (Å²) < 4.78 is 10.2. The highest BCUT2D eigenvalue weighted by atomic mass is 16.5. The average molecular weight is 277 g/mol. The van der Waals surface area contributed by atoms with Crippen LogP contribution in [0.1, 0.15) is 42.9 Å². The van der Waals surface area contributed by atoms with Gasteiger partial charge in [0.25, 0.3) is 0 Å². The van der Waals surface area contributed by atoms with E-state index < -0.39 is 12.0 Å². The maximum atomic E-state index is 11.6. The molecule has 2 rings (SSSR count). The molecular weight excluding hydrogens is 258 g/mol. The van der Waals surface area contributed by atoms with E-state index in [2.05, 4.69) is 5.18 Å². The van der Waals surface area contributed by atoms with Crippen LogP contribution in [0.5, 0.6) is 0 Å². The molecule has 5 nitrogen and oxygen atoms in total. The first-order valence-electron chi connectivity index (χ1n) is 6.93. The van der Waals surface area contributed by atoms with Crippen LogP contribution in [0.25, 0.3) is 0 Å². The van der Waals surface area contributed by atoms with Crippen LogP contribution in [0, 0.1) is 4.91 Å². The summed E-state index contributed by atoms with van der Waals surface area (Å²) >= 11 is 0. The Bertz CT molecular complexity index is 451. The Balaban J connectivity index is 2.09. The van der Waals surface area contributed by atoms with Gasteiger partial charge in [-0.05, 0) is 42.0 Å². The van der Waals surface area contributed by atoms with Crippen LogP contribution in [-0.4, -0.2) is 25.8 Å². The maximum Gasteiger partial charge on any atom is 0.339 e. The van der Waals surface area contributed by atoms with Crippen molar-refractivity contribution in [2.45, 2.75) is 31.7 Å². The normalized spacial score (nSPS) is 17.4. The monoisotopic (exact) mass is 277 g/mol. The van der Waals surface area contributed by atoms with Gasteiger partial charge in [0.2, 0.25) is 6.04 Å². The molecular formula is C15H19NO4. The van der Waals surface area contributed by atoms with E-state index in [9.17, 15) is 9.70 Å². The van der Waals surface area contributed by atoms with Crippen LogP contribution in [-0.2, 0) is 14.3 Å². The van der Waals surface area contributed by atoms with Gasteiger partial charge in [0.05, 0.1) is 6.61 Å². The molecule has 0 radical (unpaired) electrons. The number of ether oxygens (including phenoxy) is 2. The van der Waals surface area contributed by atoms with Gasteiger partial charge in [-0.3, -0.25) is 0 Å². The Hall–Kier alpha value is -1.75. The molecule has 0 aromatic heterocycles. The molecule has 1 aromatic carbocycles. The molecule has 0 bridgehead atoms. The third kappa shape index (κ3) is 3.42. The third-order valence-electron chi connectivity index (χ3n) is 3.56. The molecule has 20 heavy (non-hydrogen) atoms. The van der Waals surface area contributed by atoms with Crippen LogP contribution < -0.4 is 0 Å². The second-order valence-electron chi connectivity index (χ2n) is 4.81. The Morgan fingerprint density at radius 1 is 1.35 bits per heavy atom. The number of esters is 1. The Labute approximate surface area is 118 Å². The number of hydrogen-bond donors (Lipinski definition) is 0. The van der Waals surface area contributed by atoms with Gasteiger partial charge in [-0.1, -0.05) is 24.3 Å². The minimum absolute atomic E-state index is 0.241. The zero-order chi connectivity index (χ0) is 14.4. The van der Waals surface area contributed by atoms with E-state index in [0.717, 1.165) is 26.1 Å². The summed E-state index contributed by atoms with van der Waals surface area (Å²) in [4.78, 5) is 22.5. The molecule has 0 spiro atoms. The topological polar surface area (TPSA) is 65.0 Å². The lowest BCUT2D eigenvalue weighted by Crippen LogP contribution is -2.15. The number of rotatable bonds is 5. The Kier molecular flexibility index (Phi) is 5.24. The number of carbonyl (C=O) groups excluding carboxylic acids is 1. The summed E-state index contributed by atoms with van der Waals surface area (Å²) in [5.41, 5.74) is 1.79. The largest absolute Gasteiger partial charge is 0.464 e. The molecule has 0 N–H and O–H groups in total. The van der Waals surface area contributed by atoms with Crippen molar-refractivity contribution in [3.8, 4) is 0 Å². The van der Waals surface area contributed by atoms with Gasteiger partial charge in [0, 0.05) is 13.2 Å². The third-order valence-corrected chi connectivity index (χ3v) is 3.56. The summed E-state index contributed by atoms with van der Waals surface area (Å²) in [6.07, 6.45) is 2.01. The fraction of sp³-hybridized carbons (Fsp3) is 0.533. The van der Waals surface area contributed by atoms with E-state index in [-0.39, 0.29) is 6.61 Å². The number of benzene rings is 1. The zero-order valence-corrected chi connectivity index (χ0v) is 11.6. The average Bonchev–Trinajstić information content (AvgIpc) is 2.50. The lowest BCUT2D eigenvalue weighted by molar-refractivity contribution is -0.144. The van der Waals surface area contributed by atoms with E-state index in [1.807, 2.05) is 12.1 Å². The standard InChI is InChI=1S/C15H19NO4/c1-2-20-15(17)14(16-18)13-5-3-11(4-6-13)12-7-9-19-10-8-12/h3-6,12,14H,2,7-10H2,1H3. The summed E-state index contributed by atoms with van der Waals surface area (Å²) in [7, 11) is 0. The number of nitrogens with zero attached hydrogens (tertiary/aromatic N) is 1. The summed E-state index contributed by atoms with van der Waals surface area (Å²) in [5.74, 6) is -0.107. The van der Waals surface area contributed by atoms with Crippen molar-refractivity contribution in [2.75, 3.05) is 19.8 Å². The lowest BCUT2D eigenvalue weighted by atomic mass is 9.90. The number of carbonyl (C=O) groups is 1. The molecule has 1 aliphatic heterocycles. The van der Waals surface area contributed by atoms with Crippen molar-refractivity contribution >= 4 is 5.97 Å². The minimum atomic E-state index is -1.07. The number of nitroso groups, excluding NO2 is 1. The summed E-state index contributed by atoms with van der Waals surface area (Å²) in [5, 5.41) is 2.87. The highest BCUT2D eigenvalue weighted by Crippen LogP contribution is 2.28. The first kappa shape index (κ1) is 14.7. The van der Waals surface area contributed by atoms with Crippen LogP contribution >= 0.6 is 0 Å². The van der Waals surface area contributed by atoms with E-state index in [0.29, 0.717) is 11.5 Å². The van der Waals surface area contributed by atoms with E-state index in [4.69, 9.17) is 9.47 Å². The van der Waals surface area contributed by atoms with Crippen molar-refractivity contribution in [3.05, 3.63) is 40.3 Å². The minimum Gasteiger partial charge on any atom is -0.464 e. The SMILES string of the molecule is CCOC(=O)C(N=O)c1ccc(C2CCOCC2)cc1. The fourth-order valence-corrected chi connectivity index (χ4v) is 2.44. The smallest absolute Gasteiger partial charge is 0.339 e. The predicted molar refractivity (Wildman–Crippen MR) is 74.4 cm³/mol. The van der Waals surface area contributed by atoms with Crippen molar-refractivity contribution in [2.24, 2.45) is 5.18 Å². The van der Waals surface area contributed by atoms with Gasteiger partial charge in [0.15, 0.2) is 0 Å². The summed E-state index contributed by atoms with van der Waals surface area (Å²) in [6, 6.07) is 6.42. The van der Waals surface area contributed by atoms with E-state index in [1.54, 1.807) is 19.1 Å². The first-order chi connectivity index (χ1) is 9.76. The Morgan fingerprint density at radius 3 is 2.55 bits per heavy atom. The second-order valence-corrected chi connectivity index (χ2v) is 4.81. The molecule has 1 aliphatic rings. The molecule has 1 heterocycles. The zero-order valence-electron chi connectivity index (χ0n) is 11.6. The predicted octanol–water partition coefficient (Wildman–Crippen LogP) is 2.95. The van der Waals surface area contributed by atoms with Crippen LogP contribution in [0.4, 0.5) is 0 Å². The molecule has 0 saturated carbocycles. The highest BCUT2D eigenvalue weighted by Gasteiger charge is 2.23. The van der Waals surface area contributed by atoms with Crippen LogP contribution in [0.2, 0.25) is 0 Å². The lowest BCUT2D eigenvalue weighted by Gasteiger charge is -2.22. The molecule has 1 atom stereocenters. The Morgan fingerprint density at radius 2 is 2.00 bits per heavy atom. The van der Waals surface area contributed by atoms with Gasteiger partial charge < -0.3 is 9.47 Å². The van der Waals surface area contributed by atoms with Gasteiger partial charge in [0.1, 0.15) is 0 Å². The molecule has 1 saturated heterocycles. The van der Waals surface area contributed by atoms with Crippen molar-refractivity contribution in [1.82, 2.24) is 0 Å². The van der Waals surface area contributed by atoms with Gasteiger partial charge in [-0.25, -0.2) is 4.79 Å². The van der Waals surface area contributed by atoms with E-state index in [1.165, 1.54) is 5.56 Å². The van der Waals surface area contributed by atoms with Gasteiger partial charge in [-0.2, -0.15) is 0 Å². The van der Waals surface area contributed by atoms with Gasteiger partial charge in [-0.15, -0.1) is 4.91 Å².